The summed E-state index contributed by atoms with van der Waals surface area (Å²) >= 11 is 0. The van der Waals surface area contributed by atoms with Gasteiger partial charge in [0.05, 0.1) is 0 Å². The monoisotopic (exact) mass is 338 g/mol. The number of aliphatic carboxylic acids is 1. The summed E-state index contributed by atoms with van der Waals surface area (Å²) in [6.07, 6.45) is 27.3. The van der Waals surface area contributed by atoms with E-state index in [2.05, 4.69) is 55.5 Å². The lowest BCUT2D eigenvalue weighted by Crippen LogP contribution is -1.92. The Kier molecular flexibility index (Phi) is 21.9. The summed E-state index contributed by atoms with van der Waals surface area (Å²) < 4.78 is 0. The molecule has 132 valence electrons. The van der Waals surface area contributed by atoms with Crippen LogP contribution in [0.2, 0.25) is 0 Å². The van der Waals surface area contributed by atoms with Crippen LogP contribution in [-0.2, 0) is 4.79 Å². The van der Waals surface area contributed by atoms with Gasteiger partial charge in [-0.1, -0.05) is 68.4 Å². The van der Waals surface area contributed by atoms with E-state index in [1.807, 2.05) is 0 Å². The Hall–Kier alpha value is -1.14. The summed E-state index contributed by atoms with van der Waals surface area (Å²) in [5.41, 5.74) is 0. The lowest BCUT2D eigenvalue weighted by atomic mass is 10.2. The van der Waals surface area contributed by atoms with Gasteiger partial charge in [0.15, 0.2) is 0 Å². The van der Waals surface area contributed by atoms with E-state index >= 15 is 0 Å². The van der Waals surface area contributed by atoms with Gasteiger partial charge >= 0.3 is 5.97 Å². The fraction of sp³-hybridized carbons (Fsp3) is 0.550. The third kappa shape index (κ3) is 23.3. The fourth-order valence-corrected chi connectivity index (χ4v) is 1.93. The second-order valence-corrected chi connectivity index (χ2v) is 5.37. The first-order chi connectivity index (χ1) is 10.8. The zero-order valence-corrected chi connectivity index (χ0v) is 16.2. The first kappa shape index (κ1) is 24.1. The summed E-state index contributed by atoms with van der Waals surface area (Å²) in [6, 6.07) is 0. The lowest BCUT2D eigenvalue weighted by molar-refractivity contribution is -0.137. The molecule has 0 amide bonds. The van der Waals surface area contributed by atoms with E-state index in [1.54, 1.807) is 0 Å². The van der Waals surface area contributed by atoms with E-state index in [9.17, 15) is 4.79 Å². The van der Waals surface area contributed by atoms with Gasteiger partial charge in [0.25, 0.3) is 0 Å². The number of carboxylic acid groups (broad SMARTS) is 1. The Bertz CT molecular complexity index is 368. The standard InChI is InChI=1S/C20H32O2.H3P/c1-2-3-4-5-6-7-8-9-10-11-12-13-14-15-16-17-18-19-20(21)22;/h6-7,9-10,12-13,15-16H,2-5,8,11,14,17-19H2,1H3,(H,21,22);1H3/b7-6-,10-9-,13-12-,16-15-;. The molecule has 0 fully saturated rings. The Morgan fingerprint density at radius 2 is 1.17 bits per heavy atom. The van der Waals surface area contributed by atoms with Crippen molar-refractivity contribution < 1.29 is 9.90 Å². The second kappa shape index (κ2) is 20.9. The molecular formula is C20H35O2P. The molecule has 0 aliphatic carbocycles. The molecule has 0 rings (SSSR count). The molecule has 3 heteroatoms. The molecule has 1 unspecified atom stereocenters. The quantitative estimate of drug-likeness (QED) is 0.230. The first-order valence-electron chi connectivity index (χ1n) is 8.59. The van der Waals surface area contributed by atoms with Crippen LogP contribution in [0.4, 0.5) is 0 Å². The maximum absolute atomic E-state index is 10.3. The molecule has 23 heavy (non-hydrogen) atoms. The normalized spacial score (nSPS) is 11.9. The van der Waals surface area contributed by atoms with Gasteiger partial charge in [-0.25, -0.2) is 0 Å². The third-order valence-corrected chi connectivity index (χ3v) is 3.22. The van der Waals surface area contributed by atoms with E-state index in [1.165, 1.54) is 25.7 Å². The minimum Gasteiger partial charge on any atom is -0.481 e. The maximum atomic E-state index is 10.3. The predicted molar refractivity (Wildman–Crippen MR) is 107 cm³/mol. The van der Waals surface area contributed by atoms with Gasteiger partial charge < -0.3 is 5.11 Å². The fourth-order valence-electron chi connectivity index (χ4n) is 1.93. The molecule has 0 aromatic heterocycles. The number of rotatable bonds is 14. The van der Waals surface area contributed by atoms with Crippen LogP contribution < -0.4 is 0 Å². The van der Waals surface area contributed by atoms with Gasteiger partial charge in [-0.15, -0.1) is 0 Å². The Morgan fingerprint density at radius 1 is 0.739 bits per heavy atom. The van der Waals surface area contributed by atoms with Crippen molar-refractivity contribution in [1.29, 1.82) is 0 Å². The van der Waals surface area contributed by atoms with Crippen LogP contribution in [0.15, 0.2) is 48.6 Å². The van der Waals surface area contributed by atoms with Gasteiger partial charge in [-0.3, -0.25) is 4.79 Å². The van der Waals surface area contributed by atoms with E-state index in [0.717, 1.165) is 32.1 Å². The molecule has 0 spiro atoms. The first-order valence-corrected chi connectivity index (χ1v) is 8.59. The number of carbonyl (C=O) groups is 1. The average molecular weight is 338 g/mol. The molecule has 0 heterocycles. The van der Waals surface area contributed by atoms with Gasteiger partial charge in [0, 0.05) is 6.42 Å². The number of hydrogen-bond acceptors (Lipinski definition) is 1. The molecule has 1 N–H and O–H groups in total. The van der Waals surface area contributed by atoms with Crippen LogP contribution in [0.25, 0.3) is 0 Å². The van der Waals surface area contributed by atoms with E-state index < -0.39 is 5.97 Å². The maximum Gasteiger partial charge on any atom is 0.303 e. The van der Waals surface area contributed by atoms with Crippen LogP contribution in [0.5, 0.6) is 0 Å². The molecule has 0 aromatic carbocycles. The molecular weight excluding hydrogens is 303 g/mol. The molecule has 0 aliphatic heterocycles. The Balaban J connectivity index is 0. The molecule has 0 bridgehead atoms. The van der Waals surface area contributed by atoms with Crippen LogP contribution in [0.3, 0.4) is 0 Å². The molecule has 0 aromatic rings. The summed E-state index contributed by atoms with van der Waals surface area (Å²) in [5, 5.41) is 8.49. The molecule has 2 nitrogen and oxygen atoms in total. The molecule has 0 radical (unpaired) electrons. The Labute approximate surface area is 146 Å². The highest BCUT2D eigenvalue weighted by molar-refractivity contribution is 6.92. The van der Waals surface area contributed by atoms with Gasteiger partial charge in [-0.05, 0) is 44.9 Å². The summed E-state index contributed by atoms with van der Waals surface area (Å²) in [4.78, 5) is 10.3. The largest absolute Gasteiger partial charge is 0.481 e. The lowest BCUT2D eigenvalue weighted by Gasteiger charge is -1.90. The van der Waals surface area contributed by atoms with Crippen molar-refractivity contribution in [3.05, 3.63) is 48.6 Å². The van der Waals surface area contributed by atoms with E-state index in [4.69, 9.17) is 5.11 Å². The van der Waals surface area contributed by atoms with Crippen molar-refractivity contribution in [3.8, 4) is 0 Å². The highest BCUT2D eigenvalue weighted by atomic mass is 31.0. The van der Waals surface area contributed by atoms with Crippen LogP contribution in [-0.4, -0.2) is 11.1 Å². The molecule has 1 atom stereocenters. The van der Waals surface area contributed by atoms with Crippen molar-refractivity contribution in [2.45, 2.75) is 71.1 Å². The van der Waals surface area contributed by atoms with Crippen molar-refractivity contribution in [2.75, 3.05) is 0 Å². The van der Waals surface area contributed by atoms with E-state index in [-0.39, 0.29) is 16.3 Å². The van der Waals surface area contributed by atoms with Gasteiger partial charge in [0.1, 0.15) is 0 Å². The summed E-state index contributed by atoms with van der Waals surface area (Å²) in [7, 11) is 0. The SMILES string of the molecule is CCCCC/C=C\C/C=C\C/C=C\C/C=C\CCCC(=O)O.P. The summed E-state index contributed by atoms with van der Waals surface area (Å²) in [5.74, 6) is -0.712. The Morgan fingerprint density at radius 3 is 1.61 bits per heavy atom. The zero-order chi connectivity index (χ0) is 16.3. The minimum absolute atomic E-state index is 0. The van der Waals surface area contributed by atoms with Crippen LogP contribution in [0, 0.1) is 0 Å². The van der Waals surface area contributed by atoms with Crippen LogP contribution in [0.1, 0.15) is 71.1 Å². The summed E-state index contributed by atoms with van der Waals surface area (Å²) in [6.45, 7) is 2.23. The minimum atomic E-state index is -0.712. The van der Waals surface area contributed by atoms with Crippen molar-refractivity contribution in [3.63, 3.8) is 0 Å². The zero-order valence-electron chi connectivity index (χ0n) is 14.8. The average Bonchev–Trinajstić information content (AvgIpc) is 2.50. The highest BCUT2D eigenvalue weighted by Crippen LogP contribution is 2.01. The van der Waals surface area contributed by atoms with Gasteiger partial charge in [-0.2, -0.15) is 9.90 Å². The topological polar surface area (TPSA) is 37.3 Å². The van der Waals surface area contributed by atoms with Gasteiger partial charge in [0.2, 0.25) is 0 Å². The highest BCUT2D eigenvalue weighted by Gasteiger charge is 1.92. The predicted octanol–water partition coefficient (Wildman–Crippen LogP) is 6.27. The molecule has 0 saturated carbocycles. The number of unbranched alkanes of at least 4 members (excludes halogenated alkanes) is 4. The third-order valence-electron chi connectivity index (χ3n) is 3.22. The molecule has 0 aliphatic rings. The van der Waals surface area contributed by atoms with Crippen molar-refractivity contribution in [1.82, 2.24) is 0 Å². The van der Waals surface area contributed by atoms with E-state index in [0.29, 0.717) is 0 Å². The van der Waals surface area contributed by atoms with Crippen molar-refractivity contribution >= 4 is 15.9 Å². The number of hydrogen-bond donors (Lipinski definition) is 1. The number of carboxylic acids is 1. The second-order valence-electron chi connectivity index (χ2n) is 5.37. The van der Waals surface area contributed by atoms with Crippen LogP contribution >= 0.6 is 9.90 Å². The number of allylic oxidation sites excluding steroid dienone is 8. The smallest absolute Gasteiger partial charge is 0.303 e. The molecule has 0 saturated heterocycles. The van der Waals surface area contributed by atoms with Crippen molar-refractivity contribution in [2.24, 2.45) is 0 Å².